The van der Waals surface area contributed by atoms with Crippen molar-refractivity contribution in [3.63, 3.8) is 0 Å². The monoisotopic (exact) mass is 797 g/mol. The van der Waals surface area contributed by atoms with Crippen LogP contribution in [0.15, 0.2) is 58.5 Å². The molecule has 1 amide bonds. The number of carboxylic acids is 1. The van der Waals surface area contributed by atoms with Crippen LogP contribution in [-0.4, -0.2) is 97.4 Å². The van der Waals surface area contributed by atoms with Gasteiger partial charge in [0.25, 0.3) is 0 Å². The zero-order chi connectivity index (χ0) is 41.1. The van der Waals surface area contributed by atoms with Crippen molar-refractivity contribution in [2.24, 2.45) is 16.3 Å². The number of aromatic nitrogens is 4. The number of nitrogens with zero attached hydrogens (tertiary/aromatic N) is 6. The third-order valence-corrected chi connectivity index (χ3v) is 11.7. The van der Waals surface area contributed by atoms with Crippen LogP contribution in [-0.2, 0) is 33.9 Å². The van der Waals surface area contributed by atoms with Gasteiger partial charge in [0, 0.05) is 26.1 Å². The number of aliphatic carboxylic acids is 1. The van der Waals surface area contributed by atoms with Gasteiger partial charge in [-0.25, -0.2) is 4.79 Å². The van der Waals surface area contributed by atoms with Crippen LogP contribution in [0.5, 0.6) is 6.01 Å². The first-order chi connectivity index (χ1) is 28.0. The van der Waals surface area contributed by atoms with Crippen molar-refractivity contribution in [3.8, 4) is 6.01 Å². The lowest BCUT2D eigenvalue weighted by molar-refractivity contribution is -0.138. The Labute approximate surface area is 339 Å². The van der Waals surface area contributed by atoms with Crippen molar-refractivity contribution < 1.29 is 24.3 Å². The molecule has 2 fully saturated rings. The molecule has 4 aromatic rings. The minimum Gasteiger partial charge on any atom is -0.480 e. The van der Waals surface area contributed by atoms with E-state index in [4.69, 9.17) is 26.1 Å². The Balaban J connectivity index is 0.863. The second-order valence-electron chi connectivity index (χ2n) is 15.9. The molecule has 2 aliphatic heterocycles. The summed E-state index contributed by atoms with van der Waals surface area (Å²) in [6.45, 7) is 9.95. The molecule has 0 saturated carbocycles. The molecule has 0 unspecified atom stereocenters. The normalized spacial score (nSPS) is 16.5. The highest BCUT2D eigenvalue weighted by molar-refractivity contribution is 5.98. The van der Waals surface area contributed by atoms with E-state index < -0.39 is 12.0 Å². The van der Waals surface area contributed by atoms with Crippen molar-refractivity contribution in [3.05, 3.63) is 81.3 Å². The molecule has 6 rings (SSSR count). The molecule has 1 spiro atoms. The van der Waals surface area contributed by atoms with E-state index in [1.165, 1.54) is 5.56 Å². The number of hydrogen-bond acceptors (Lipinski definition) is 11. The lowest BCUT2D eigenvalue weighted by atomic mass is 9.71. The fourth-order valence-electron chi connectivity index (χ4n) is 7.85. The molecular formula is C43H59N9O6. The molecule has 4 heterocycles. The van der Waals surface area contributed by atoms with E-state index in [1.807, 2.05) is 31.2 Å². The number of likely N-dealkylation sites (tertiary alicyclic amines) is 2. The highest BCUT2D eigenvalue weighted by Crippen LogP contribution is 2.41. The number of imidazole rings is 1. The average Bonchev–Trinajstić information content (AvgIpc) is 3.54. The van der Waals surface area contributed by atoms with E-state index in [-0.39, 0.29) is 29.8 Å². The lowest BCUT2D eigenvalue weighted by Gasteiger charge is -2.47. The number of piperidine rings is 2. The summed E-state index contributed by atoms with van der Waals surface area (Å²) in [7, 11) is 0. The van der Waals surface area contributed by atoms with Gasteiger partial charge in [-0.05, 0) is 105 Å². The highest BCUT2D eigenvalue weighted by Gasteiger charge is 2.38. The number of ether oxygens (including phenoxy) is 1. The van der Waals surface area contributed by atoms with E-state index in [0.717, 1.165) is 113 Å². The molecule has 0 bridgehead atoms. The highest BCUT2D eigenvalue weighted by atomic mass is 16.6. The zero-order valence-corrected chi connectivity index (χ0v) is 34.0. The molecule has 15 nitrogen and oxygen atoms in total. The Bertz CT molecular complexity index is 2060. The fourth-order valence-corrected chi connectivity index (χ4v) is 7.85. The number of oxime groups is 1. The summed E-state index contributed by atoms with van der Waals surface area (Å²) in [5.74, 6) is -0.566. The van der Waals surface area contributed by atoms with Gasteiger partial charge < -0.3 is 36.0 Å². The smallest absolute Gasteiger partial charge is 0.328 e. The largest absolute Gasteiger partial charge is 0.480 e. The van der Waals surface area contributed by atoms with Crippen LogP contribution >= 0.6 is 0 Å². The van der Waals surface area contributed by atoms with Crippen molar-refractivity contribution >= 4 is 34.6 Å². The van der Waals surface area contributed by atoms with Gasteiger partial charge in [-0.15, -0.1) is 0 Å². The van der Waals surface area contributed by atoms with Gasteiger partial charge in [0.15, 0.2) is 11.5 Å². The maximum atomic E-state index is 13.0. The number of carbonyl (C=O) groups is 2. The first-order valence-corrected chi connectivity index (χ1v) is 20.7. The fraction of sp³-hybridized carbons (Fsp3) is 0.535. The van der Waals surface area contributed by atoms with Crippen LogP contribution in [0.3, 0.4) is 0 Å². The number of H-pyrrole nitrogens is 1. The molecule has 2 aromatic carbocycles. The summed E-state index contributed by atoms with van der Waals surface area (Å²) in [5.41, 5.74) is 17.4. The van der Waals surface area contributed by atoms with Crippen LogP contribution in [0.2, 0.25) is 0 Å². The average molecular weight is 798 g/mol. The Morgan fingerprint density at radius 1 is 0.897 bits per heavy atom. The van der Waals surface area contributed by atoms with Crippen LogP contribution in [0.25, 0.3) is 11.2 Å². The molecule has 0 radical (unpaired) electrons. The summed E-state index contributed by atoms with van der Waals surface area (Å²) >= 11 is 0. The number of unbranched alkanes of at least 4 members (excludes halogenated alkanes) is 3. The zero-order valence-electron chi connectivity index (χ0n) is 34.0. The molecule has 1 atom stereocenters. The van der Waals surface area contributed by atoms with Crippen molar-refractivity contribution in [2.75, 3.05) is 45.1 Å². The number of carbonyl (C=O) groups excluding carboxylic acids is 1. The number of aromatic amines is 1. The number of hydrogen-bond donors (Lipinski definition) is 4. The molecule has 312 valence electrons. The predicted octanol–water partition coefficient (Wildman–Crippen LogP) is 5.09. The number of nitrogen functional groups attached to an aromatic ring is 1. The maximum absolute atomic E-state index is 13.0. The number of nitrogens with one attached hydrogen (secondary N) is 1. The van der Waals surface area contributed by atoms with Crippen LogP contribution < -0.4 is 21.9 Å². The van der Waals surface area contributed by atoms with E-state index in [2.05, 4.69) is 61.1 Å². The van der Waals surface area contributed by atoms with Crippen LogP contribution in [0.1, 0.15) is 100 Å². The Hall–Kier alpha value is -5.28. The molecule has 0 aliphatic carbocycles. The third kappa shape index (κ3) is 11.2. The SMILES string of the molecule is CCCCOc1nc(N)c2[nH]c(=O)n(Cc3ccc(CN4CCC5(CC4)CCN(C(=O)CCCCCON=C(C)c4ccc(C[C@H](N)C(=O)O)cc4)CC5)cc3)c2n1. The summed E-state index contributed by atoms with van der Waals surface area (Å²) < 4.78 is 7.24. The number of nitrogens with two attached hydrogens (primary N) is 2. The van der Waals surface area contributed by atoms with Crippen molar-refractivity contribution in [1.29, 1.82) is 0 Å². The van der Waals surface area contributed by atoms with Crippen LogP contribution in [0.4, 0.5) is 5.82 Å². The van der Waals surface area contributed by atoms with Crippen molar-refractivity contribution in [2.45, 2.75) is 104 Å². The molecule has 6 N–H and O–H groups in total. The van der Waals surface area contributed by atoms with E-state index in [1.54, 1.807) is 4.57 Å². The second-order valence-corrected chi connectivity index (χ2v) is 15.9. The first kappa shape index (κ1) is 42.3. The van der Waals surface area contributed by atoms with Gasteiger partial charge in [-0.1, -0.05) is 67.0 Å². The molecule has 2 saturated heterocycles. The topological polar surface area (TPSA) is 207 Å². The van der Waals surface area contributed by atoms with Gasteiger partial charge >= 0.3 is 17.7 Å². The number of amides is 1. The summed E-state index contributed by atoms with van der Waals surface area (Å²) in [4.78, 5) is 58.5. The van der Waals surface area contributed by atoms with Crippen LogP contribution in [0, 0.1) is 5.41 Å². The lowest BCUT2D eigenvalue weighted by Crippen LogP contribution is -2.48. The van der Waals surface area contributed by atoms with Gasteiger partial charge in [-0.2, -0.15) is 9.97 Å². The number of anilines is 1. The van der Waals surface area contributed by atoms with Gasteiger partial charge in [-0.3, -0.25) is 19.1 Å². The first-order valence-electron chi connectivity index (χ1n) is 20.7. The predicted molar refractivity (Wildman–Crippen MR) is 224 cm³/mol. The summed E-state index contributed by atoms with van der Waals surface area (Å²) in [5, 5.41) is 13.2. The molecule has 2 aromatic heterocycles. The number of rotatable bonds is 19. The number of benzene rings is 2. The van der Waals surface area contributed by atoms with Gasteiger partial charge in [0.1, 0.15) is 18.2 Å². The second kappa shape index (κ2) is 19.9. The summed E-state index contributed by atoms with van der Waals surface area (Å²) in [6.07, 6.45) is 9.72. The molecule has 58 heavy (non-hydrogen) atoms. The number of carboxylic acid groups (broad SMARTS) is 1. The number of fused-ring (bicyclic) bond motifs is 1. The summed E-state index contributed by atoms with van der Waals surface area (Å²) in [6, 6.07) is 15.2. The third-order valence-electron chi connectivity index (χ3n) is 11.7. The maximum Gasteiger partial charge on any atom is 0.328 e. The molecular weight excluding hydrogens is 739 g/mol. The quantitative estimate of drug-likeness (QED) is 0.0559. The Kier molecular flexibility index (Phi) is 14.5. The minimum atomic E-state index is -1.02. The Morgan fingerprint density at radius 2 is 1.55 bits per heavy atom. The molecule has 2 aliphatic rings. The van der Waals surface area contributed by atoms with E-state index in [0.29, 0.717) is 42.8 Å². The van der Waals surface area contributed by atoms with E-state index in [9.17, 15) is 14.4 Å². The van der Waals surface area contributed by atoms with Gasteiger partial charge in [0.2, 0.25) is 5.91 Å². The molecule has 15 heteroatoms. The van der Waals surface area contributed by atoms with E-state index >= 15 is 0 Å². The Morgan fingerprint density at radius 3 is 2.22 bits per heavy atom. The standard InChI is InChI=1S/C43H59N9O6/c1-3-4-25-57-41-47-38(45)37-39(48-41)52(42(56)46-37)29-33-11-9-32(10-12-33)28-50-21-17-43(18-22-50)19-23-51(24-20-43)36(53)8-6-5-7-26-58-49-30(2)34-15-13-31(14-16-34)27-35(44)40(54)55/h9-16,35H,3-8,17-29,44H2,1-2H3,(H,46,56)(H,54,55)(H2,45,47,48)/t35-/m0/s1. The van der Waals surface area contributed by atoms with Crippen molar-refractivity contribution in [1.82, 2.24) is 29.3 Å². The minimum absolute atomic E-state index is 0.179. The van der Waals surface area contributed by atoms with Gasteiger partial charge in [0.05, 0.1) is 18.9 Å².